The van der Waals surface area contributed by atoms with Crippen molar-refractivity contribution in [2.75, 3.05) is 7.05 Å². The molecule has 5 heteroatoms. The highest BCUT2D eigenvalue weighted by Gasteiger charge is 2.21. The number of pyridine rings is 1. The third-order valence-corrected chi connectivity index (χ3v) is 5.14. The Morgan fingerprint density at radius 1 is 1.14 bits per heavy atom. The molecule has 0 aliphatic rings. The van der Waals surface area contributed by atoms with Crippen molar-refractivity contribution in [1.82, 2.24) is 19.7 Å². The van der Waals surface area contributed by atoms with Crippen LogP contribution in [0.2, 0.25) is 0 Å². The van der Waals surface area contributed by atoms with Gasteiger partial charge in [0.1, 0.15) is 0 Å². The van der Waals surface area contributed by atoms with Gasteiger partial charge in [-0.1, -0.05) is 11.6 Å². The van der Waals surface area contributed by atoms with E-state index in [1.165, 1.54) is 0 Å². The number of hydrogen-bond acceptors (Lipinski definition) is 3. The van der Waals surface area contributed by atoms with Gasteiger partial charge < -0.3 is 4.90 Å². The molecule has 0 saturated carbocycles. The molecule has 0 saturated heterocycles. The molecule has 0 aliphatic carbocycles. The van der Waals surface area contributed by atoms with Crippen LogP contribution < -0.4 is 0 Å². The number of hydrogen-bond donors (Lipinski definition) is 0. The lowest BCUT2D eigenvalue weighted by atomic mass is 9.99. The Kier molecular flexibility index (Phi) is 5.04. The molecule has 1 aromatic carbocycles. The van der Waals surface area contributed by atoms with Gasteiger partial charge in [-0.15, -0.1) is 0 Å². The predicted molar refractivity (Wildman–Crippen MR) is 115 cm³/mol. The molecule has 28 heavy (non-hydrogen) atoms. The van der Waals surface area contributed by atoms with Crippen molar-refractivity contribution >= 4 is 16.8 Å². The molecule has 148 valence electrons. The van der Waals surface area contributed by atoms with Gasteiger partial charge in [0.25, 0.3) is 5.91 Å². The van der Waals surface area contributed by atoms with E-state index in [1.54, 1.807) is 4.90 Å². The molecule has 0 spiro atoms. The third kappa shape index (κ3) is 3.66. The molecular weight excluding hydrogens is 348 g/mol. The summed E-state index contributed by atoms with van der Waals surface area (Å²) in [7, 11) is 1.85. The smallest absolute Gasteiger partial charge is 0.254 e. The monoisotopic (exact) mass is 378 g/mol. The molecule has 0 aliphatic heterocycles. The maximum Gasteiger partial charge on any atom is 0.254 e. The molecule has 0 unspecified atom stereocenters. The fourth-order valence-electron chi connectivity index (χ4n) is 3.25. The summed E-state index contributed by atoms with van der Waals surface area (Å²) < 4.78 is 1.93. The summed E-state index contributed by atoms with van der Waals surface area (Å²) in [5, 5.41) is 5.40. The summed E-state index contributed by atoms with van der Waals surface area (Å²) in [6.45, 7) is 14.5. The van der Waals surface area contributed by atoms with Crippen molar-refractivity contribution < 1.29 is 4.79 Å². The minimum Gasteiger partial charge on any atom is -0.339 e. The molecule has 0 N–H and O–H groups in total. The van der Waals surface area contributed by atoms with Gasteiger partial charge in [0.15, 0.2) is 0 Å². The van der Waals surface area contributed by atoms with E-state index in [2.05, 4.69) is 38.0 Å². The third-order valence-electron chi connectivity index (χ3n) is 5.14. The standard InChI is InChI=1S/C23H30N4O/c1-14(2)26(8)22(28)19-11-20(17-12-24-27(13-17)23(5,6)7)25-21-16(4)9-15(3)10-18(19)21/h9-14H,1-8H3. The second-order valence-electron chi connectivity index (χ2n) is 8.89. The van der Waals surface area contributed by atoms with Gasteiger partial charge in [0, 0.05) is 30.2 Å². The van der Waals surface area contributed by atoms with E-state index in [0.717, 1.165) is 33.3 Å². The van der Waals surface area contributed by atoms with E-state index >= 15 is 0 Å². The van der Waals surface area contributed by atoms with Crippen molar-refractivity contribution in [3.05, 3.63) is 47.3 Å². The Labute approximate surface area is 167 Å². The van der Waals surface area contributed by atoms with Crippen LogP contribution in [0, 0.1) is 13.8 Å². The van der Waals surface area contributed by atoms with Gasteiger partial charge in [0.2, 0.25) is 0 Å². The number of aromatic nitrogens is 3. The van der Waals surface area contributed by atoms with Crippen molar-refractivity contribution in [2.24, 2.45) is 0 Å². The largest absolute Gasteiger partial charge is 0.339 e. The normalized spacial score (nSPS) is 12.0. The fraction of sp³-hybridized carbons (Fsp3) is 0.435. The van der Waals surface area contributed by atoms with Crippen LogP contribution in [0.1, 0.15) is 56.1 Å². The van der Waals surface area contributed by atoms with Crippen LogP contribution in [0.3, 0.4) is 0 Å². The molecule has 0 radical (unpaired) electrons. The lowest BCUT2D eigenvalue weighted by Gasteiger charge is -2.23. The number of aryl methyl sites for hydroxylation is 2. The van der Waals surface area contributed by atoms with Crippen molar-refractivity contribution in [2.45, 2.75) is 60.0 Å². The molecule has 2 heterocycles. The van der Waals surface area contributed by atoms with Gasteiger partial charge in [-0.3, -0.25) is 9.48 Å². The van der Waals surface area contributed by atoms with Crippen molar-refractivity contribution in [3.8, 4) is 11.3 Å². The van der Waals surface area contributed by atoms with E-state index < -0.39 is 0 Å². The van der Waals surface area contributed by atoms with Gasteiger partial charge in [0.05, 0.1) is 28.5 Å². The minimum atomic E-state index is -0.112. The van der Waals surface area contributed by atoms with Crippen LogP contribution in [0.15, 0.2) is 30.6 Å². The zero-order valence-electron chi connectivity index (χ0n) is 18.2. The number of benzene rings is 1. The number of carbonyl (C=O) groups excluding carboxylic acids is 1. The molecule has 0 fully saturated rings. The first-order valence-corrected chi connectivity index (χ1v) is 9.73. The Bertz CT molecular complexity index is 1040. The topological polar surface area (TPSA) is 51.0 Å². The van der Waals surface area contributed by atoms with Crippen LogP contribution in [-0.4, -0.2) is 38.7 Å². The summed E-state index contributed by atoms with van der Waals surface area (Å²) in [4.78, 5) is 19.9. The van der Waals surface area contributed by atoms with Crippen LogP contribution in [0.25, 0.3) is 22.2 Å². The van der Waals surface area contributed by atoms with Crippen LogP contribution >= 0.6 is 0 Å². The quantitative estimate of drug-likeness (QED) is 0.648. The summed E-state index contributed by atoms with van der Waals surface area (Å²) in [5.41, 5.74) is 5.33. The first kappa shape index (κ1) is 20.1. The molecule has 3 rings (SSSR count). The van der Waals surface area contributed by atoms with E-state index in [4.69, 9.17) is 4.98 Å². The first-order chi connectivity index (χ1) is 13.0. The maximum atomic E-state index is 13.2. The second kappa shape index (κ2) is 7.04. The number of rotatable bonds is 3. The van der Waals surface area contributed by atoms with Gasteiger partial charge in [-0.2, -0.15) is 5.10 Å². The van der Waals surface area contributed by atoms with Gasteiger partial charge in [-0.25, -0.2) is 4.98 Å². The Morgan fingerprint density at radius 2 is 1.82 bits per heavy atom. The molecule has 5 nitrogen and oxygen atoms in total. The van der Waals surface area contributed by atoms with Gasteiger partial charge in [-0.05, 0) is 66.2 Å². The predicted octanol–water partition coefficient (Wildman–Crippen LogP) is 4.95. The summed E-state index contributed by atoms with van der Waals surface area (Å²) in [6, 6.07) is 6.19. The average molecular weight is 379 g/mol. The van der Waals surface area contributed by atoms with Crippen molar-refractivity contribution in [1.29, 1.82) is 0 Å². The van der Waals surface area contributed by atoms with Gasteiger partial charge >= 0.3 is 0 Å². The Morgan fingerprint density at radius 3 is 2.39 bits per heavy atom. The fourth-order valence-corrected chi connectivity index (χ4v) is 3.25. The highest BCUT2D eigenvalue weighted by atomic mass is 16.2. The summed E-state index contributed by atoms with van der Waals surface area (Å²) in [5.74, 6) is 0.0110. The number of nitrogens with zero attached hydrogens (tertiary/aromatic N) is 4. The highest BCUT2D eigenvalue weighted by Crippen LogP contribution is 2.29. The second-order valence-corrected chi connectivity index (χ2v) is 8.89. The molecule has 2 aromatic heterocycles. The lowest BCUT2D eigenvalue weighted by Crippen LogP contribution is -2.33. The SMILES string of the molecule is Cc1cc(C)c2nc(-c3cnn(C(C)(C)C)c3)cc(C(=O)N(C)C(C)C)c2c1. The summed E-state index contributed by atoms with van der Waals surface area (Å²) >= 11 is 0. The van der Waals surface area contributed by atoms with Crippen LogP contribution in [0.5, 0.6) is 0 Å². The van der Waals surface area contributed by atoms with E-state index in [9.17, 15) is 4.79 Å². The first-order valence-electron chi connectivity index (χ1n) is 9.73. The molecule has 0 bridgehead atoms. The van der Waals surface area contributed by atoms with E-state index in [0.29, 0.717) is 5.56 Å². The van der Waals surface area contributed by atoms with Crippen LogP contribution in [-0.2, 0) is 5.54 Å². The van der Waals surface area contributed by atoms with Crippen molar-refractivity contribution in [3.63, 3.8) is 0 Å². The summed E-state index contributed by atoms with van der Waals surface area (Å²) in [6.07, 6.45) is 3.82. The van der Waals surface area contributed by atoms with E-state index in [1.807, 2.05) is 57.9 Å². The number of fused-ring (bicyclic) bond motifs is 1. The zero-order chi connectivity index (χ0) is 20.8. The molecule has 0 atom stereocenters. The minimum absolute atomic E-state index is 0.0110. The Hall–Kier alpha value is -2.69. The zero-order valence-corrected chi connectivity index (χ0v) is 18.2. The maximum absolute atomic E-state index is 13.2. The Balaban J connectivity index is 2.26. The number of carbonyl (C=O) groups is 1. The van der Waals surface area contributed by atoms with E-state index in [-0.39, 0.29) is 17.5 Å². The molecular formula is C23H30N4O. The number of amides is 1. The highest BCUT2D eigenvalue weighted by molar-refractivity contribution is 6.08. The average Bonchev–Trinajstić information content (AvgIpc) is 3.10. The lowest BCUT2D eigenvalue weighted by molar-refractivity contribution is 0.0757. The molecule has 3 aromatic rings. The van der Waals surface area contributed by atoms with Crippen LogP contribution in [0.4, 0.5) is 0 Å². The molecule has 1 amide bonds.